The molecule has 3 N–H and O–H groups in total. The molecule has 2 aromatic carbocycles. The largest absolute Gasteiger partial charge is 0.484 e. The predicted octanol–water partition coefficient (Wildman–Crippen LogP) is 1.98. The Morgan fingerprint density at radius 2 is 1.57 bits per heavy atom. The molecule has 0 saturated heterocycles. The number of nitrogens with one attached hydrogen (secondary N) is 3. The lowest BCUT2D eigenvalue weighted by Gasteiger charge is -2.11. The van der Waals surface area contributed by atoms with Gasteiger partial charge in [0.05, 0.1) is 21.5 Å². The second kappa shape index (κ2) is 10.2. The number of carbonyl (C=O) groups excluding carboxylic acids is 2. The van der Waals surface area contributed by atoms with Crippen molar-refractivity contribution >= 4 is 56.4 Å². The number of nitro groups is 2. The second-order valence-electron chi connectivity index (χ2n) is 5.45. The number of nitrogens with zero attached hydrogens (tertiary/aromatic N) is 2. The predicted molar refractivity (Wildman–Crippen MR) is 111 cm³/mol. The lowest BCUT2D eigenvalue weighted by atomic mass is 10.1. The van der Waals surface area contributed by atoms with Gasteiger partial charge in [0.15, 0.2) is 11.7 Å². The molecule has 2 aromatic rings. The van der Waals surface area contributed by atoms with Gasteiger partial charge in [-0.1, -0.05) is 15.9 Å². The van der Waals surface area contributed by atoms with Crippen LogP contribution in [0.1, 0.15) is 10.4 Å². The highest BCUT2D eigenvalue weighted by atomic mass is 79.9. The fourth-order valence-corrected chi connectivity index (χ4v) is 2.39. The van der Waals surface area contributed by atoms with E-state index in [-0.39, 0.29) is 17.3 Å². The van der Waals surface area contributed by atoms with Crippen molar-refractivity contribution < 1.29 is 24.2 Å². The molecule has 0 unspecified atom stereocenters. The highest BCUT2D eigenvalue weighted by molar-refractivity contribution is 9.10. The standard InChI is InChI=1S/C16H12BrN5O7S/c17-10-1-3-13(4-2-10)29-8-14(23)19-20-16(30)18-15(24)9-5-11(21(25)26)7-12(6-9)22(27)28/h1-7H,8H2,(H,19,23)(H2,18,20,24,30). The van der Waals surface area contributed by atoms with Crippen molar-refractivity contribution in [2.75, 3.05) is 6.61 Å². The Kier molecular flexibility index (Phi) is 7.71. The van der Waals surface area contributed by atoms with Gasteiger partial charge in [0.25, 0.3) is 23.2 Å². The minimum atomic E-state index is -0.945. The van der Waals surface area contributed by atoms with Crippen LogP contribution in [0.25, 0.3) is 0 Å². The van der Waals surface area contributed by atoms with Crippen molar-refractivity contribution in [2.24, 2.45) is 0 Å². The third-order valence-corrected chi connectivity index (χ3v) is 4.05. The molecule has 0 saturated carbocycles. The first-order valence-electron chi connectivity index (χ1n) is 7.88. The van der Waals surface area contributed by atoms with E-state index in [1.165, 1.54) is 0 Å². The van der Waals surface area contributed by atoms with E-state index in [1.807, 2.05) is 0 Å². The SMILES string of the molecule is O=C(COc1ccc(Br)cc1)NNC(=S)NC(=O)c1cc([N+](=O)[O-])cc([N+](=O)[O-])c1. The maximum Gasteiger partial charge on any atom is 0.277 e. The van der Waals surface area contributed by atoms with Gasteiger partial charge in [-0.2, -0.15) is 0 Å². The van der Waals surface area contributed by atoms with Crippen LogP contribution < -0.4 is 20.9 Å². The number of benzene rings is 2. The van der Waals surface area contributed by atoms with E-state index in [0.717, 1.165) is 22.7 Å². The average molecular weight is 498 g/mol. The van der Waals surface area contributed by atoms with E-state index in [9.17, 15) is 29.8 Å². The fraction of sp³-hybridized carbons (Fsp3) is 0.0625. The molecular weight excluding hydrogens is 486 g/mol. The minimum absolute atomic E-state index is 0.342. The van der Waals surface area contributed by atoms with E-state index >= 15 is 0 Å². The zero-order valence-corrected chi connectivity index (χ0v) is 17.2. The molecule has 0 bridgehead atoms. The third-order valence-electron chi connectivity index (χ3n) is 3.31. The van der Waals surface area contributed by atoms with Gasteiger partial charge in [-0.25, -0.2) is 0 Å². The van der Waals surface area contributed by atoms with Crippen molar-refractivity contribution in [1.82, 2.24) is 16.2 Å². The third kappa shape index (κ3) is 6.75. The molecule has 0 atom stereocenters. The molecule has 0 radical (unpaired) electrons. The van der Waals surface area contributed by atoms with Crippen LogP contribution in [0.4, 0.5) is 11.4 Å². The number of amides is 2. The molecule has 0 aliphatic heterocycles. The van der Waals surface area contributed by atoms with Crippen LogP contribution >= 0.6 is 28.1 Å². The first-order valence-corrected chi connectivity index (χ1v) is 9.08. The smallest absolute Gasteiger partial charge is 0.277 e. The summed E-state index contributed by atoms with van der Waals surface area (Å²) in [5.41, 5.74) is 2.81. The first-order chi connectivity index (χ1) is 14.2. The molecule has 0 aromatic heterocycles. The normalized spacial score (nSPS) is 9.90. The number of hydrogen-bond donors (Lipinski definition) is 3. The topological polar surface area (TPSA) is 166 Å². The number of thiocarbonyl (C=S) groups is 1. The maximum atomic E-state index is 12.2. The molecule has 30 heavy (non-hydrogen) atoms. The number of hydrazine groups is 1. The fourth-order valence-electron chi connectivity index (χ4n) is 1.99. The van der Waals surface area contributed by atoms with Crippen molar-refractivity contribution in [1.29, 1.82) is 0 Å². The van der Waals surface area contributed by atoms with Crippen LogP contribution in [0.2, 0.25) is 0 Å². The van der Waals surface area contributed by atoms with Crippen molar-refractivity contribution in [3.8, 4) is 5.75 Å². The minimum Gasteiger partial charge on any atom is -0.484 e. The number of rotatable bonds is 6. The monoisotopic (exact) mass is 497 g/mol. The zero-order chi connectivity index (χ0) is 22.3. The van der Waals surface area contributed by atoms with Crippen molar-refractivity contribution in [2.45, 2.75) is 0 Å². The first kappa shape index (κ1) is 22.6. The quantitative estimate of drug-likeness (QED) is 0.307. The summed E-state index contributed by atoms with van der Waals surface area (Å²) >= 11 is 8.10. The molecule has 14 heteroatoms. The highest BCUT2D eigenvalue weighted by Gasteiger charge is 2.20. The molecule has 2 amide bonds. The summed E-state index contributed by atoms with van der Waals surface area (Å²) in [6.45, 7) is -0.345. The summed E-state index contributed by atoms with van der Waals surface area (Å²) < 4.78 is 6.09. The molecule has 0 aliphatic rings. The number of hydrogen-bond acceptors (Lipinski definition) is 8. The van der Waals surface area contributed by atoms with E-state index in [0.29, 0.717) is 5.75 Å². The molecule has 2 rings (SSSR count). The van der Waals surface area contributed by atoms with Crippen LogP contribution in [0.5, 0.6) is 5.75 Å². The molecule has 0 aliphatic carbocycles. The van der Waals surface area contributed by atoms with Gasteiger partial charge in [-0.05, 0) is 36.5 Å². The number of carbonyl (C=O) groups is 2. The van der Waals surface area contributed by atoms with Gasteiger partial charge in [-0.3, -0.25) is 46.0 Å². The molecule has 0 heterocycles. The zero-order valence-electron chi connectivity index (χ0n) is 14.8. The molecule has 12 nitrogen and oxygen atoms in total. The molecule has 0 spiro atoms. The van der Waals surface area contributed by atoms with Gasteiger partial charge in [0, 0.05) is 16.6 Å². The van der Waals surface area contributed by atoms with E-state index < -0.39 is 33.0 Å². The summed E-state index contributed by atoms with van der Waals surface area (Å²) in [6.07, 6.45) is 0. The number of nitro benzene ring substituents is 2. The Hall–Kier alpha value is -3.65. The van der Waals surface area contributed by atoms with Crippen LogP contribution in [0.15, 0.2) is 46.9 Å². The van der Waals surface area contributed by atoms with Gasteiger partial charge >= 0.3 is 0 Å². The molecular formula is C16H12BrN5O7S. The Morgan fingerprint density at radius 1 is 1.00 bits per heavy atom. The number of non-ortho nitro benzene ring substituents is 2. The van der Waals surface area contributed by atoms with Crippen molar-refractivity contribution in [3.63, 3.8) is 0 Å². The maximum absolute atomic E-state index is 12.2. The lowest BCUT2D eigenvalue weighted by Crippen LogP contribution is -2.49. The molecule has 156 valence electrons. The van der Waals surface area contributed by atoms with Crippen LogP contribution in [0, 0.1) is 20.2 Å². The highest BCUT2D eigenvalue weighted by Crippen LogP contribution is 2.22. The van der Waals surface area contributed by atoms with Gasteiger partial charge in [0.1, 0.15) is 5.75 Å². The summed E-state index contributed by atoms with van der Waals surface area (Å²) in [5.74, 6) is -1.10. The Bertz CT molecular complexity index is 983. The summed E-state index contributed by atoms with van der Waals surface area (Å²) in [5, 5.41) is 23.6. The molecule has 0 fully saturated rings. The Labute approximate surface area is 182 Å². The van der Waals surface area contributed by atoms with Gasteiger partial charge in [0.2, 0.25) is 0 Å². The average Bonchev–Trinajstić information content (AvgIpc) is 2.71. The Balaban J connectivity index is 1.89. The second-order valence-corrected chi connectivity index (χ2v) is 6.78. The number of halogens is 1. The van der Waals surface area contributed by atoms with E-state index in [4.69, 9.17) is 17.0 Å². The summed E-state index contributed by atoms with van der Waals surface area (Å²) in [7, 11) is 0. The van der Waals surface area contributed by atoms with E-state index in [2.05, 4.69) is 32.1 Å². The lowest BCUT2D eigenvalue weighted by molar-refractivity contribution is -0.394. The Morgan fingerprint density at radius 3 is 2.10 bits per heavy atom. The van der Waals surface area contributed by atoms with Gasteiger partial charge < -0.3 is 4.74 Å². The van der Waals surface area contributed by atoms with Crippen LogP contribution in [0.3, 0.4) is 0 Å². The van der Waals surface area contributed by atoms with Crippen molar-refractivity contribution in [3.05, 3.63) is 72.7 Å². The van der Waals surface area contributed by atoms with Gasteiger partial charge in [-0.15, -0.1) is 0 Å². The number of ether oxygens (including phenoxy) is 1. The summed E-state index contributed by atoms with van der Waals surface area (Å²) in [6, 6.07) is 9.19. The van der Waals surface area contributed by atoms with E-state index in [1.54, 1.807) is 24.3 Å². The van der Waals surface area contributed by atoms with Crippen LogP contribution in [-0.2, 0) is 4.79 Å². The van der Waals surface area contributed by atoms with Crippen LogP contribution in [-0.4, -0.2) is 33.4 Å². The summed E-state index contributed by atoms with van der Waals surface area (Å²) in [4.78, 5) is 43.9.